The predicted molar refractivity (Wildman–Crippen MR) is 109 cm³/mol. The van der Waals surface area contributed by atoms with Crippen molar-refractivity contribution >= 4 is 18.3 Å². The summed E-state index contributed by atoms with van der Waals surface area (Å²) in [5.41, 5.74) is 8.12. The van der Waals surface area contributed by atoms with Gasteiger partial charge in [0.2, 0.25) is 0 Å². The van der Waals surface area contributed by atoms with Gasteiger partial charge in [-0.05, 0) is 35.4 Å². The Bertz CT molecular complexity index is 799. The molecule has 2 aromatic rings. The molecule has 0 bridgehead atoms. The first-order valence-electron chi connectivity index (χ1n) is 9.13. The second-order valence-corrected chi connectivity index (χ2v) is 8.16. The molecule has 6 nitrogen and oxygen atoms in total. The van der Waals surface area contributed by atoms with E-state index in [1.165, 1.54) is 11.8 Å². The van der Waals surface area contributed by atoms with Gasteiger partial charge < -0.3 is 15.7 Å². The number of nitrogens with two attached hydrogens (primary N) is 1. The van der Waals surface area contributed by atoms with Gasteiger partial charge in [0, 0.05) is 19.1 Å². The number of likely N-dealkylation sites (tertiary alicyclic amines) is 1. The number of nitrogens with zero attached hydrogens (tertiary/aromatic N) is 3. The Morgan fingerprint density at radius 3 is 2.48 bits per heavy atom. The van der Waals surface area contributed by atoms with Crippen molar-refractivity contribution in [3.05, 3.63) is 41.7 Å². The van der Waals surface area contributed by atoms with E-state index in [1.807, 2.05) is 24.3 Å². The molecule has 1 saturated heterocycles. The van der Waals surface area contributed by atoms with Crippen LogP contribution >= 0.6 is 12.4 Å². The first-order valence-corrected chi connectivity index (χ1v) is 9.13. The van der Waals surface area contributed by atoms with Crippen molar-refractivity contribution in [1.82, 2.24) is 14.7 Å². The molecule has 1 aromatic heterocycles. The molecule has 1 amide bonds. The summed E-state index contributed by atoms with van der Waals surface area (Å²) in [6, 6.07) is 8.03. The summed E-state index contributed by atoms with van der Waals surface area (Å²) in [7, 11) is 0. The van der Waals surface area contributed by atoms with E-state index in [0.717, 1.165) is 12.1 Å². The van der Waals surface area contributed by atoms with E-state index in [4.69, 9.17) is 5.73 Å². The Morgan fingerprint density at radius 1 is 1.30 bits per heavy atom. The van der Waals surface area contributed by atoms with Crippen LogP contribution in [0.1, 0.15) is 56.1 Å². The third-order valence-corrected chi connectivity index (χ3v) is 5.32. The average Bonchev–Trinajstić information content (AvgIpc) is 2.98. The van der Waals surface area contributed by atoms with Gasteiger partial charge in [0.05, 0.1) is 11.9 Å². The van der Waals surface area contributed by atoms with Gasteiger partial charge in [0.1, 0.15) is 0 Å². The van der Waals surface area contributed by atoms with Gasteiger partial charge in [-0.25, -0.2) is 4.68 Å². The van der Waals surface area contributed by atoms with E-state index in [1.54, 1.807) is 9.58 Å². The molecule has 3 rings (SSSR count). The lowest BCUT2D eigenvalue weighted by atomic mass is 9.79. The van der Waals surface area contributed by atoms with E-state index in [2.05, 4.69) is 32.8 Å². The zero-order valence-electron chi connectivity index (χ0n) is 16.3. The number of hydrogen-bond donors (Lipinski definition) is 2. The third kappa shape index (κ3) is 4.28. The number of aromatic hydroxyl groups is 1. The summed E-state index contributed by atoms with van der Waals surface area (Å²) < 4.78 is 1.55. The molecular weight excluding hydrogens is 364 g/mol. The van der Waals surface area contributed by atoms with Gasteiger partial charge in [-0.15, -0.1) is 12.4 Å². The average molecular weight is 393 g/mol. The van der Waals surface area contributed by atoms with E-state index < -0.39 is 0 Å². The fraction of sp³-hybridized carbons (Fsp3) is 0.500. The van der Waals surface area contributed by atoms with Crippen molar-refractivity contribution in [2.75, 3.05) is 13.1 Å². The van der Waals surface area contributed by atoms with Crippen LogP contribution in [0.15, 0.2) is 30.5 Å². The molecule has 2 heterocycles. The van der Waals surface area contributed by atoms with E-state index in [0.29, 0.717) is 19.0 Å². The predicted octanol–water partition coefficient (Wildman–Crippen LogP) is 3.32. The Hall–Kier alpha value is -2.05. The molecule has 1 aliphatic rings. The molecule has 0 spiro atoms. The standard InChI is InChI=1S/C20H28N4O2.ClH/c1-13(2)14-5-7-15(8-6-14)24-11-16(25)18(22-24)19(26)23-10-9-17(21)20(3,4)12-23;/h5-8,11,13,17,25H,9-10,12,21H2,1-4H3;1H. The van der Waals surface area contributed by atoms with Gasteiger partial charge >= 0.3 is 0 Å². The molecule has 0 saturated carbocycles. The molecule has 1 atom stereocenters. The third-order valence-electron chi connectivity index (χ3n) is 5.32. The Morgan fingerprint density at radius 2 is 1.93 bits per heavy atom. The van der Waals surface area contributed by atoms with Gasteiger partial charge in [0.25, 0.3) is 5.91 Å². The summed E-state index contributed by atoms with van der Waals surface area (Å²) in [4.78, 5) is 14.6. The van der Waals surface area contributed by atoms with Crippen molar-refractivity contribution in [1.29, 1.82) is 0 Å². The van der Waals surface area contributed by atoms with Crippen LogP contribution in [0.3, 0.4) is 0 Å². The van der Waals surface area contributed by atoms with Gasteiger partial charge in [-0.2, -0.15) is 5.10 Å². The fourth-order valence-electron chi connectivity index (χ4n) is 3.36. The highest BCUT2D eigenvalue weighted by Crippen LogP contribution is 2.30. The van der Waals surface area contributed by atoms with E-state index in [9.17, 15) is 9.90 Å². The number of carbonyl (C=O) groups excluding carboxylic acids is 1. The zero-order chi connectivity index (χ0) is 19.1. The molecule has 1 aromatic carbocycles. The minimum Gasteiger partial charge on any atom is -0.504 e. The molecule has 1 aliphatic heterocycles. The molecule has 148 valence electrons. The number of rotatable bonds is 3. The lowest BCUT2D eigenvalue weighted by Crippen LogP contribution is -2.54. The molecule has 0 aliphatic carbocycles. The van der Waals surface area contributed by atoms with Crippen molar-refractivity contribution < 1.29 is 9.90 Å². The molecular formula is C20H29ClN4O2. The quantitative estimate of drug-likeness (QED) is 0.839. The number of amides is 1. The minimum atomic E-state index is -0.250. The van der Waals surface area contributed by atoms with Crippen molar-refractivity contribution in [2.24, 2.45) is 11.1 Å². The SMILES string of the molecule is CC(C)c1ccc(-n2cc(O)c(C(=O)N3CCC(N)C(C)(C)C3)n2)cc1.Cl. The lowest BCUT2D eigenvalue weighted by Gasteiger charge is -2.42. The zero-order valence-corrected chi connectivity index (χ0v) is 17.2. The Kier molecular flexibility index (Phi) is 6.22. The maximum atomic E-state index is 12.9. The largest absolute Gasteiger partial charge is 0.504 e. The van der Waals surface area contributed by atoms with Crippen LogP contribution in [0.4, 0.5) is 0 Å². The number of benzene rings is 1. The van der Waals surface area contributed by atoms with Crippen LogP contribution in [0.5, 0.6) is 5.75 Å². The monoisotopic (exact) mass is 392 g/mol. The molecule has 3 N–H and O–H groups in total. The maximum Gasteiger partial charge on any atom is 0.278 e. The number of hydrogen-bond acceptors (Lipinski definition) is 4. The van der Waals surface area contributed by atoms with Crippen LogP contribution < -0.4 is 5.73 Å². The van der Waals surface area contributed by atoms with Crippen molar-refractivity contribution in [3.8, 4) is 11.4 Å². The second-order valence-electron chi connectivity index (χ2n) is 8.16. The number of halogens is 1. The Balaban J connectivity index is 0.00000261. The summed E-state index contributed by atoms with van der Waals surface area (Å²) in [5, 5.41) is 14.6. The molecule has 7 heteroatoms. The summed E-state index contributed by atoms with van der Waals surface area (Å²) in [5.74, 6) is 0.0941. The van der Waals surface area contributed by atoms with Gasteiger partial charge in [-0.1, -0.05) is 39.8 Å². The molecule has 1 fully saturated rings. The van der Waals surface area contributed by atoms with Crippen molar-refractivity contribution in [3.63, 3.8) is 0 Å². The molecule has 0 radical (unpaired) electrons. The highest BCUT2D eigenvalue weighted by Gasteiger charge is 2.36. The summed E-state index contributed by atoms with van der Waals surface area (Å²) >= 11 is 0. The van der Waals surface area contributed by atoms with Crippen molar-refractivity contribution in [2.45, 2.75) is 46.1 Å². The maximum absolute atomic E-state index is 12.9. The topological polar surface area (TPSA) is 84.4 Å². The first-order chi connectivity index (χ1) is 12.2. The van der Waals surface area contributed by atoms with Crippen LogP contribution in [0, 0.1) is 5.41 Å². The van der Waals surface area contributed by atoms with Gasteiger partial charge in [-0.3, -0.25) is 4.79 Å². The Labute approximate surface area is 166 Å². The second kappa shape index (κ2) is 7.90. The highest BCUT2D eigenvalue weighted by atomic mass is 35.5. The normalized spacial score (nSPS) is 19.0. The molecule has 1 unspecified atom stereocenters. The van der Waals surface area contributed by atoms with Crippen LogP contribution in [0.2, 0.25) is 0 Å². The van der Waals surface area contributed by atoms with Crippen LogP contribution in [-0.2, 0) is 0 Å². The minimum absolute atomic E-state index is 0. The fourth-order valence-corrected chi connectivity index (χ4v) is 3.36. The highest BCUT2D eigenvalue weighted by molar-refractivity contribution is 5.95. The number of piperidine rings is 1. The molecule has 27 heavy (non-hydrogen) atoms. The van der Waals surface area contributed by atoms with Gasteiger partial charge in [0.15, 0.2) is 11.4 Å². The van der Waals surface area contributed by atoms with E-state index in [-0.39, 0.29) is 41.2 Å². The smallest absolute Gasteiger partial charge is 0.278 e. The van der Waals surface area contributed by atoms with Crippen LogP contribution in [0.25, 0.3) is 5.69 Å². The lowest BCUT2D eigenvalue weighted by molar-refractivity contribution is 0.0524. The van der Waals surface area contributed by atoms with E-state index >= 15 is 0 Å². The summed E-state index contributed by atoms with van der Waals surface area (Å²) in [6.45, 7) is 9.54. The summed E-state index contributed by atoms with van der Waals surface area (Å²) in [6.07, 6.45) is 2.23. The first kappa shape index (κ1) is 21.3. The number of aromatic nitrogens is 2. The number of carbonyl (C=O) groups is 1. The van der Waals surface area contributed by atoms with Crippen LogP contribution in [-0.4, -0.2) is 44.8 Å².